The molecular weight excluding hydrogens is 595 g/mol. The summed E-state index contributed by atoms with van der Waals surface area (Å²) in [6.45, 7) is 4.81. The number of fused-ring (bicyclic) bond motifs is 1. The zero-order chi connectivity index (χ0) is 30.9. The summed E-state index contributed by atoms with van der Waals surface area (Å²) < 4.78 is 64.6. The minimum atomic E-state index is -0.750. The average Bonchev–Trinajstić information content (AvgIpc) is 3.00. The van der Waals surface area contributed by atoms with Gasteiger partial charge in [-0.2, -0.15) is 5.10 Å². The number of hydrogen-bond acceptors (Lipinski definition) is 8. The van der Waals surface area contributed by atoms with Crippen molar-refractivity contribution >= 4 is 40.1 Å². The van der Waals surface area contributed by atoms with E-state index in [1.165, 1.54) is 18.3 Å². The second kappa shape index (κ2) is 14.8. The molecule has 44 heavy (non-hydrogen) atoms. The van der Waals surface area contributed by atoms with Crippen LogP contribution in [0.4, 0.5) is 18.9 Å². The van der Waals surface area contributed by atoms with E-state index >= 15 is 4.39 Å². The normalized spacial score (nSPS) is 13.6. The molecule has 4 aromatic rings. The highest BCUT2D eigenvalue weighted by atomic mass is 32.1. The van der Waals surface area contributed by atoms with Crippen molar-refractivity contribution in [1.29, 1.82) is 0 Å². The van der Waals surface area contributed by atoms with Gasteiger partial charge < -0.3 is 24.3 Å². The second-order valence-corrected chi connectivity index (χ2v) is 10.2. The van der Waals surface area contributed by atoms with Gasteiger partial charge in [0.2, 0.25) is 0 Å². The summed E-state index contributed by atoms with van der Waals surface area (Å²) in [5.74, 6) is -0.666. The van der Waals surface area contributed by atoms with Gasteiger partial charge in [0.25, 0.3) is 0 Å². The number of rotatable bonds is 11. The number of hydrazone groups is 1. The molecule has 0 amide bonds. The van der Waals surface area contributed by atoms with Gasteiger partial charge in [0.1, 0.15) is 17.4 Å². The molecule has 1 aliphatic rings. The average molecular weight is 626 g/mol. The van der Waals surface area contributed by atoms with Gasteiger partial charge >= 0.3 is 0 Å². The number of anilines is 1. The van der Waals surface area contributed by atoms with E-state index in [0.717, 1.165) is 57.5 Å². The Kier molecular flexibility index (Phi) is 10.4. The van der Waals surface area contributed by atoms with Crippen molar-refractivity contribution in [3.63, 3.8) is 0 Å². The largest absolute Gasteiger partial charge is 0.493 e. The number of aromatic nitrogens is 1. The number of ether oxygens (including phenoxy) is 4. The molecule has 2 heterocycles. The third-order valence-electron chi connectivity index (χ3n) is 6.64. The molecule has 1 saturated heterocycles. The molecule has 1 aliphatic heterocycles. The fourth-order valence-corrected chi connectivity index (χ4v) is 4.70. The monoisotopic (exact) mass is 625 g/mol. The minimum absolute atomic E-state index is 0.00432. The highest BCUT2D eigenvalue weighted by molar-refractivity contribution is 7.80. The smallest absolute Gasteiger partial charge is 0.191 e. The van der Waals surface area contributed by atoms with Gasteiger partial charge in [0.05, 0.1) is 38.7 Å². The highest BCUT2D eigenvalue weighted by Gasteiger charge is 2.15. The maximum Gasteiger partial charge on any atom is 0.191 e. The van der Waals surface area contributed by atoms with Gasteiger partial charge in [-0.3, -0.25) is 15.3 Å². The molecule has 0 atom stereocenters. The molecule has 2 N–H and O–H groups in total. The molecule has 1 fully saturated rings. The van der Waals surface area contributed by atoms with Crippen LogP contribution in [-0.2, 0) is 4.74 Å². The Labute approximate surface area is 257 Å². The molecule has 3 aromatic carbocycles. The lowest BCUT2D eigenvalue weighted by Crippen LogP contribution is -2.37. The van der Waals surface area contributed by atoms with Crippen molar-refractivity contribution in [2.75, 3.05) is 51.9 Å². The molecule has 0 radical (unpaired) electrons. The van der Waals surface area contributed by atoms with E-state index < -0.39 is 17.5 Å². The van der Waals surface area contributed by atoms with Crippen molar-refractivity contribution in [3.05, 3.63) is 83.8 Å². The molecule has 13 heteroatoms. The Hall–Kier alpha value is -4.46. The molecule has 0 spiro atoms. The van der Waals surface area contributed by atoms with E-state index in [-0.39, 0.29) is 16.5 Å². The number of nitrogens with zero attached hydrogens (tertiary/aromatic N) is 3. The van der Waals surface area contributed by atoms with Gasteiger partial charge in [-0.1, -0.05) is 0 Å². The van der Waals surface area contributed by atoms with E-state index in [9.17, 15) is 8.78 Å². The lowest BCUT2D eigenvalue weighted by Gasteiger charge is -2.26. The van der Waals surface area contributed by atoms with Crippen LogP contribution in [0.1, 0.15) is 12.0 Å². The number of methoxy groups -OCH3 is 1. The zero-order valence-corrected chi connectivity index (χ0v) is 24.6. The van der Waals surface area contributed by atoms with E-state index in [1.54, 1.807) is 37.6 Å². The van der Waals surface area contributed by atoms with Crippen LogP contribution >= 0.6 is 12.2 Å². The lowest BCUT2D eigenvalue weighted by molar-refractivity contribution is 0.0357. The maximum absolute atomic E-state index is 15.0. The molecule has 0 unspecified atom stereocenters. The first-order valence-corrected chi connectivity index (χ1v) is 14.2. The van der Waals surface area contributed by atoms with Gasteiger partial charge in [-0.05, 0) is 66.7 Å². The van der Waals surface area contributed by atoms with Crippen LogP contribution in [-0.4, -0.2) is 67.8 Å². The van der Waals surface area contributed by atoms with E-state index in [0.29, 0.717) is 40.3 Å². The zero-order valence-electron chi connectivity index (χ0n) is 23.8. The number of pyridine rings is 1. The molecular formula is C31H30F3N5O4S. The van der Waals surface area contributed by atoms with Gasteiger partial charge in [0, 0.05) is 49.0 Å². The summed E-state index contributed by atoms with van der Waals surface area (Å²) in [5, 5.41) is 7.17. The number of hydrogen-bond donors (Lipinski definition) is 2. The van der Waals surface area contributed by atoms with Crippen LogP contribution in [0.2, 0.25) is 0 Å². The maximum atomic E-state index is 15.0. The Balaban J connectivity index is 1.21. The van der Waals surface area contributed by atoms with Gasteiger partial charge in [-0.15, -0.1) is 0 Å². The highest BCUT2D eigenvalue weighted by Crippen LogP contribution is 2.37. The minimum Gasteiger partial charge on any atom is -0.493 e. The third kappa shape index (κ3) is 8.34. The third-order valence-corrected chi connectivity index (χ3v) is 6.84. The first-order chi connectivity index (χ1) is 21.4. The Morgan fingerprint density at radius 1 is 1.00 bits per heavy atom. The summed E-state index contributed by atoms with van der Waals surface area (Å²) in [6.07, 6.45) is 3.77. The number of halogens is 3. The van der Waals surface area contributed by atoms with Crippen molar-refractivity contribution in [1.82, 2.24) is 15.3 Å². The number of morpholine rings is 1. The lowest BCUT2D eigenvalue weighted by atomic mass is 10.1. The summed E-state index contributed by atoms with van der Waals surface area (Å²) in [6, 6.07) is 12.4. The van der Waals surface area contributed by atoms with Gasteiger partial charge in [-0.25, -0.2) is 13.2 Å². The fraction of sp³-hybridized carbons (Fsp3) is 0.258. The fourth-order valence-electron chi connectivity index (χ4n) is 4.53. The van der Waals surface area contributed by atoms with Crippen molar-refractivity contribution in [3.8, 4) is 23.0 Å². The molecule has 5 rings (SSSR count). The predicted octanol–water partition coefficient (Wildman–Crippen LogP) is 5.87. The van der Waals surface area contributed by atoms with Crippen molar-refractivity contribution < 1.29 is 32.1 Å². The van der Waals surface area contributed by atoms with Crippen molar-refractivity contribution in [2.24, 2.45) is 5.10 Å². The first kappa shape index (κ1) is 31.0. The van der Waals surface area contributed by atoms with Gasteiger partial charge in [0.15, 0.2) is 28.2 Å². The van der Waals surface area contributed by atoms with Crippen LogP contribution in [0.5, 0.6) is 23.0 Å². The van der Waals surface area contributed by atoms with E-state index in [1.807, 2.05) is 0 Å². The second-order valence-electron chi connectivity index (χ2n) is 9.76. The molecule has 230 valence electrons. The van der Waals surface area contributed by atoms with Crippen LogP contribution in [0.15, 0.2) is 65.9 Å². The summed E-state index contributed by atoms with van der Waals surface area (Å²) in [4.78, 5) is 6.78. The molecule has 0 saturated carbocycles. The van der Waals surface area contributed by atoms with E-state index in [4.69, 9.17) is 31.2 Å². The number of thiocarbonyl (C=S) groups is 1. The van der Waals surface area contributed by atoms with Crippen molar-refractivity contribution in [2.45, 2.75) is 6.42 Å². The Morgan fingerprint density at radius 2 is 1.80 bits per heavy atom. The quantitative estimate of drug-likeness (QED) is 0.0919. The number of benzene rings is 3. The predicted molar refractivity (Wildman–Crippen MR) is 165 cm³/mol. The van der Waals surface area contributed by atoms with Crippen LogP contribution in [0.25, 0.3) is 10.9 Å². The van der Waals surface area contributed by atoms with Crippen LogP contribution in [0.3, 0.4) is 0 Å². The first-order valence-electron chi connectivity index (χ1n) is 13.8. The summed E-state index contributed by atoms with van der Waals surface area (Å²) in [5.41, 5.74) is 3.65. The summed E-state index contributed by atoms with van der Waals surface area (Å²) >= 11 is 5.07. The molecule has 0 aliphatic carbocycles. The Bertz CT molecular complexity index is 1630. The Morgan fingerprint density at radius 3 is 2.55 bits per heavy atom. The topological polar surface area (TPSA) is 89.5 Å². The van der Waals surface area contributed by atoms with E-state index in [2.05, 4.69) is 25.7 Å². The molecule has 9 nitrogen and oxygen atoms in total. The number of nitrogens with one attached hydrogen (secondary N) is 2. The standard InChI is InChI=1S/C31H30F3N5O4S/c1-40-29-17-24-26(18-30(29)42-10-2-7-39-8-11-41-12-9-39)35-6-5-27(24)43-28-4-3-20(13-25(28)34)19-36-38-31(44)37-23-15-21(32)14-22(33)16-23/h3-6,13-19H,2,7-12H2,1H3,(H2,37,38,44)/b36-19+. The SMILES string of the molecule is COc1cc2c(Oc3ccc(/C=N/NC(=S)Nc4cc(F)cc(F)c4)cc3F)ccnc2cc1OCCCN1CCOCC1. The van der Waals surface area contributed by atoms with Crippen LogP contribution in [0, 0.1) is 17.5 Å². The summed E-state index contributed by atoms with van der Waals surface area (Å²) in [7, 11) is 1.55. The molecule has 1 aromatic heterocycles. The molecule has 0 bridgehead atoms. The van der Waals surface area contributed by atoms with Crippen LogP contribution < -0.4 is 25.0 Å².